The van der Waals surface area contributed by atoms with Crippen LogP contribution < -0.4 is 10.6 Å². The maximum absolute atomic E-state index is 12.6. The molecule has 1 rings (SSSR count). The zero-order valence-corrected chi connectivity index (χ0v) is 18.2. The molecule has 1 heterocycles. The van der Waals surface area contributed by atoms with Crippen molar-refractivity contribution in [3.63, 3.8) is 0 Å². The highest BCUT2D eigenvalue weighted by Crippen LogP contribution is 2.30. The van der Waals surface area contributed by atoms with E-state index < -0.39 is 15.5 Å². The van der Waals surface area contributed by atoms with Crippen LogP contribution in [-0.4, -0.2) is 82.5 Å². The van der Waals surface area contributed by atoms with Crippen LogP contribution in [0.15, 0.2) is 4.99 Å². The summed E-state index contributed by atoms with van der Waals surface area (Å²) in [5, 5.41) is 6.49. The molecule has 0 radical (unpaired) electrons. The molecule has 7 nitrogen and oxygen atoms in total. The number of likely N-dealkylation sites (N-methyl/N-ethyl adjacent to an activating group) is 1. The molecule has 11 heteroatoms. The fourth-order valence-electron chi connectivity index (χ4n) is 3.20. The highest BCUT2D eigenvalue weighted by molar-refractivity contribution is 7.90. The van der Waals surface area contributed by atoms with Crippen LogP contribution in [0.4, 0.5) is 13.2 Å². The predicted molar refractivity (Wildman–Crippen MR) is 106 cm³/mol. The van der Waals surface area contributed by atoms with E-state index >= 15 is 0 Å². The molecule has 0 bridgehead atoms. The summed E-state index contributed by atoms with van der Waals surface area (Å²) in [4.78, 5) is 6.35. The molecular formula is C17H34F3N5O2S. The maximum Gasteiger partial charge on any atom is 0.511 e. The molecule has 0 aromatic heterocycles. The lowest BCUT2D eigenvalue weighted by molar-refractivity contribution is -0.0496. The average molecular weight is 430 g/mol. The summed E-state index contributed by atoms with van der Waals surface area (Å²) < 4.78 is 61.3. The highest BCUT2D eigenvalue weighted by atomic mass is 32.2. The van der Waals surface area contributed by atoms with Crippen LogP contribution in [0.1, 0.15) is 33.1 Å². The van der Waals surface area contributed by atoms with Crippen LogP contribution in [0.5, 0.6) is 0 Å². The monoisotopic (exact) mass is 429 g/mol. The minimum absolute atomic E-state index is 0.0959. The first-order valence-corrected chi connectivity index (χ1v) is 11.0. The van der Waals surface area contributed by atoms with Crippen molar-refractivity contribution < 1.29 is 21.6 Å². The molecule has 0 aliphatic carbocycles. The second-order valence-electron chi connectivity index (χ2n) is 7.87. The van der Waals surface area contributed by atoms with Crippen molar-refractivity contribution in [3.05, 3.63) is 0 Å². The summed E-state index contributed by atoms with van der Waals surface area (Å²) in [5.41, 5.74) is -5.23. The molecule has 0 saturated carbocycles. The Morgan fingerprint density at radius 1 is 1.21 bits per heavy atom. The molecule has 0 aromatic rings. The second kappa shape index (κ2) is 10.6. The Morgan fingerprint density at radius 2 is 1.79 bits per heavy atom. The van der Waals surface area contributed by atoms with Crippen molar-refractivity contribution in [1.29, 1.82) is 0 Å². The van der Waals surface area contributed by atoms with Crippen molar-refractivity contribution in [2.24, 2.45) is 16.8 Å². The molecule has 166 valence electrons. The lowest BCUT2D eigenvalue weighted by atomic mass is 9.98. The minimum Gasteiger partial charge on any atom is -0.356 e. The number of sulfonamides is 1. The lowest BCUT2D eigenvalue weighted by Gasteiger charge is -2.32. The Bertz CT molecular complexity index is 600. The fourth-order valence-corrected chi connectivity index (χ4v) is 4.18. The van der Waals surface area contributed by atoms with Gasteiger partial charge in [0.15, 0.2) is 5.96 Å². The Morgan fingerprint density at radius 3 is 2.21 bits per heavy atom. The maximum atomic E-state index is 12.6. The van der Waals surface area contributed by atoms with Gasteiger partial charge in [-0.05, 0) is 45.2 Å². The van der Waals surface area contributed by atoms with Gasteiger partial charge in [-0.25, -0.2) is 8.42 Å². The Balaban J connectivity index is 2.45. The molecule has 0 aromatic carbocycles. The number of hydrogen-bond acceptors (Lipinski definition) is 4. The molecule has 2 N–H and O–H groups in total. The second-order valence-corrected chi connectivity index (χ2v) is 9.80. The Kier molecular flexibility index (Phi) is 9.48. The SMILES string of the molecule is CN=C(NCC1CCN(S(=O)(=O)C(F)(F)F)CC1)NCC(CC(C)C)N(C)C. The van der Waals surface area contributed by atoms with Gasteiger partial charge in [-0.2, -0.15) is 17.5 Å². The Hall–Kier alpha value is -1.07. The van der Waals surface area contributed by atoms with E-state index in [1.165, 1.54) is 0 Å². The number of rotatable bonds is 8. The average Bonchev–Trinajstić information content (AvgIpc) is 2.59. The van der Waals surface area contributed by atoms with E-state index in [1.807, 2.05) is 14.1 Å². The van der Waals surface area contributed by atoms with Crippen LogP contribution in [0, 0.1) is 11.8 Å². The number of hydrogen-bond donors (Lipinski definition) is 2. The number of nitrogens with zero attached hydrogens (tertiary/aromatic N) is 3. The summed E-state index contributed by atoms with van der Waals surface area (Å²) in [7, 11) is 0.515. The Labute approximate surface area is 166 Å². The number of piperidine rings is 1. The van der Waals surface area contributed by atoms with Gasteiger partial charge in [0.05, 0.1) is 0 Å². The predicted octanol–water partition coefficient (Wildman–Crippen LogP) is 1.69. The summed E-state index contributed by atoms with van der Waals surface area (Å²) in [6, 6.07) is 0.356. The summed E-state index contributed by atoms with van der Waals surface area (Å²) in [6.45, 7) is 5.39. The fraction of sp³-hybridized carbons (Fsp3) is 0.941. The van der Waals surface area contributed by atoms with E-state index in [2.05, 4.69) is 34.4 Å². The van der Waals surface area contributed by atoms with Crippen LogP contribution >= 0.6 is 0 Å². The molecule has 1 unspecified atom stereocenters. The number of aliphatic imine (C=N–C) groups is 1. The van der Waals surface area contributed by atoms with Crippen LogP contribution in [-0.2, 0) is 10.0 Å². The standard InChI is InChI=1S/C17H34F3N5O2S/c1-13(2)10-15(24(4)5)12-23-16(21-3)22-11-14-6-8-25(9-7-14)28(26,27)17(18,19)20/h13-15H,6-12H2,1-5H3,(H2,21,22,23). The third-order valence-electron chi connectivity index (χ3n) is 4.97. The molecule has 1 fully saturated rings. The summed E-state index contributed by atoms with van der Waals surface area (Å²) >= 11 is 0. The summed E-state index contributed by atoms with van der Waals surface area (Å²) in [5.74, 6) is 1.31. The molecule has 1 aliphatic rings. The van der Waals surface area contributed by atoms with Gasteiger partial charge in [0.2, 0.25) is 0 Å². The first-order chi connectivity index (χ1) is 12.9. The molecule has 0 amide bonds. The normalized spacial score (nSPS) is 19.3. The number of nitrogens with one attached hydrogen (secondary N) is 2. The molecule has 1 aliphatic heterocycles. The van der Waals surface area contributed by atoms with E-state index in [0.29, 0.717) is 41.6 Å². The van der Waals surface area contributed by atoms with Gasteiger partial charge in [0.25, 0.3) is 0 Å². The van der Waals surface area contributed by atoms with E-state index in [1.54, 1.807) is 7.05 Å². The third-order valence-corrected chi connectivity index (χ3v) is 6.60. The minimum atomic E-state index is -5.23. The van der Waals surface area contributed by atoms with Crippen molar-refractivity contribution >= 4 is 16.0 Å². The van der Waals surface area contributed by atoms with Crippen molar-refractivity contribution in [2.75, 3.05) is 47.3 Å². The van der Waals surface area contributed by atoms with E-state index in [0.717, 1.165) is 13.0 Å². The van der Waals surface area contributed by atoms with Gasteiger partial charge < -0.3 is 15.5 Å². The lowest BCUT2D eigenvalue weighted by Crippen LogP contribution is -2.48. The van der Waals surface area contributed by atoms with Crippen molar-refractivity contribution in [1.82, 2.24) is 19.8 Å². The van der Waals surface area contributed by atoms with Crippen LogP contribution in [0.25, 0.3) is 0 Å². The van der Waals surface area contributed by atoms with E-state index in [4.69, 9.17) is 0 Å². The number of halogens is 3. The number of guanidine groups is 1. The first kappa shape index (κ1) is 25.0. The van der Waals surface area contributed by atoms with Gasteiger partial charge in [-0.15, -0.1) is 0 Å². The topological polar surface area (TPSA) is 77.0 Å². The smallest absolute Gasteiger partial charge is 0.356 e. The van der Waals surface area contributed by atoms with Crippen LogP contribution in [0.2, 0.25) is 0 Å². The van der Waals surface area contributed by atoms with Gasteiger partial charge in [0.1, 0.15) is 0 Å². The highest BCUT2D eigenvalue weighted by Gasteiger charge is 2.50. The van der Waals surface area contributed by atoms with Gasteiger partial charge in [0, 0.05) is 39.3 Å². The molecular weight excluding hydrogens is 395 g/mol. The third kappa shape index (κ3) is 7.40. The molecule has 1 atom stereocenters. The van der Waals surface area contributed by atoms with E-state index in [-0.39, 0.29) is 19.0 Å². The van der Waals surface area contributed by atoms with Gasteiger partial charge >= 0.3 is 15.5 Å². The van der Waals surface area contributed by atoms with Crippen molar-refractivity contribution in [3.8, 4) is 0 Å². The first-order valence-electron chi connectivity index (χ1n) is 9.55. The number of alkyl halides is 3. The molecule has 28 heavy (non-hydrogen) atoms. The van der Waals surface area contributed by atoms with Gasteiger partial charge in [-0.3, -0.25) is 4.99 Å². The van der Waals surface area contributed by atoms with Crippen LogP contribution in [0.3, 0.4) is 0 Å². The zero-order valence-electron chi connectivity index (χ0n) is 17.4. The summed E-state index contributed by atoms with van der Waals surface area (Å²) in [6.07, 6.45) is 1.81. The zero-order chi connectivity index (χ0) is 21.5. The molecule has 1 saturated heterocycles. The van der Waals surface area contributed by atoms with Gasteiger partial charge in [-0.1, -0.05) is 13.8 Å². The van der Waals surface area contributed by atoms with E-state index in [9.17, 15) is 21.6 Å². The quantitative estimate of drug-likeness (QED) is 0.454. The largest absolute Gasteiger partial charge is 0.511 e. The van der Waals surface area contributed by atoms with Crippen molar-refractivity contribution in [2.45, 2.75) is 44.7 Å². The molecule has 0 spiro atoms.